The van der Waals surface area contributed by atoms with Crippen LogP contribution in [-0.4, -0.2) is 54.2 Å². The summed E-state index contributed by atoms with van der Waals surface area (Å²) in [4.78, 5) is 8.99. The summed E-state index contributed by atoms with van der Waals surface area (Å²) in [5.41, 5.74) is 1.87. The van der Waals surface area contributed by atoms with Crippen molar-refractivity contribution in [2.45, 2.75) is 15.9 Å². The monoisotopic (exact) mass is 458 g/mol. The molecule has 3 heterocycles. The number of thioether (sulfide) groups is 1. The molecular formula is C20H18N4O5S2. The normalized spacial score (nSPS) is 15.5. The number of aromatic nitrogens is 3. The van der Waals surface area contributed by atoms with Gasteiger partial charge in [-0.25, -0.2) is 13.4 Å². The Morgan fingerprint density at radius 2 is 1.84 bits per heavy atom. The van der Waals surface area contributed by atoms with Crippen LogP contribution >= 0.6 is 11.8 Å². The minimum absolute atomic E-state index is 0.191. The van der Waals surface area contributed by atoms with E-state index < -0.39 is 10.0 Å². The van der Waals surface area contributed by atoms with Gasteiger partial charge >= 0.3 is 0 Å². The van der Waals surface area contributed by atoms with Gasteiger partial charge in [0.05, 0.1) is 23.9 Å². The molecule has 160 valence electrons. The van der Waals surface area contributed by atoms with Crippen molar-refractivity contribution in [2.24, 2.45) is 0 Å². The summed E-state index contributed by atoms with van der Waals surface area (Å²) in [6.45, 7) is 1.48. The highest BCUT2D eigenvalue weighted by atomic mass is 32.2. The Balaban J connectivity index is 1.31. The van der Waals surface area contributed by atoms with Gasteiger partial charge in [0.25, 0.3) is 5.22 Å². The number of hydrogen-bond acceptors (Lipinski definition) is 9. The maximum Gasteiger partial charge on any atom is 0.257 e. The minimum atomic E-state index is -3.59. The molecule has 1 aliphatic heterocycles. The lowest BCUT2D eigenvalue weighted by molar-refractivity contribution is 0.0730. The number of sulfonamides is 1. The maximum atomic E-state index is 12.8. The summed E-state index contributed by atoms with van der Waals surface area (Å²) in [6, 6.07) is 14.3. The van der Waals surface area contributed by atoms with E-state index in [0.717, 1.165) is 5.56 Å². The molecule has 2 aromatic heterocycles. The molecule has 5 rings (SSSR count). The predicted octanol–water partition coefficient (Wildman–Crippen LogP) is 3.19. The topological polar surface area (TPSA) is 112 Å². The lowest BCUT2D eigenvalue weighted by Crippen LogP contribution is -2.40. The van der Waals surface area contributed by atoms with Crippen LogP contribution in [0.2, 0.25) is 0 Å². The molecule has 2 aromatic carbocycles. The van der Waals surface area contributed by atoms with Gasteiger partial charge in [-0.15, -0.1) is 0 Å². The van der Waals surface area contributed by atoms with Crippen molar-refractivity contribution in [3.05, 3.63) is 54.4 Å². The predicted molar refractivity (Wildman–Crippen MR) is 113 cm³/mol. The summed E-state index contributed by atoms with van der Waals surface area (Å²) in [7, 11) is -3.59. The third kappa shape index (κ3) is 4.22. The van der Waals surface area contributed by atoms with E-state index in [9.17, 15) is 8.42 Å². The van der Waals surface area contributed by atoms with Crippen molar-refractivity contribution in [1.29, 1.82) is 0 Å². The zero-order chi connectivity index (χ0) is 21.3. The first kappa shape index (κ1) is 20.2. The van der Waals surface area contributed by atoms with Crippen LogP contribution in [0, 0.1) is 0 Å². The summed E-state index contributed by atoms with van der Waals surface area (Å²) in [5, 5.41) is 4.39. The minimum Gasteiger partial charge on any atom is -0.431 e. The van der Waals surface area contributed by atoms with Crippen molar-refractivity contribution in [3.8, 4) is 11.4 Å². The van der Waals surface area contributed by atoms with Crippen LogP contribution in [0.25, 0.3) is 22.5 Å². The fourth-order valence-electron chi connectivity index (χ4n) is 3.19. The molecule has 9 nitrogen and oxygen atoms in total. The highest BCUT2D eigenvalue weighted by Gasteiger charge is 2.27. The maximum absolute atomic E-state index is 12.8. The second-order valence-electron chi connectivity index (χ2n) is 6.79. The first-order valence-electron chi connectivity index (χ1n) is 9.59. The Bertz CT molecular complexity index is 1300. The number of fused-ring (bicyclic) bond motifs is 1. The number of morpholine rings is 1. The van der Waals surface area contributed by atoms with E-state index in [1.165, 1.54) is 28.2 Å². The fraction of sp³-hybridized carbons (Fsp3) is 0.250. The zero-order valence-corrected chi connectivity index (χ0v) is 17.9. The van der Waals surface area contributed by atoms with Gasteiger partial charge in [-0.2, -0.15) is 9.29 Å². The van der Waals surface area contributed by atoms with Gasteiger partial charge in [0.2, 0.25) is 21.7 Å². The molecule has 0 aliphatic carbocycles. The molecule has 4 aromatic rings. The lowest BCUT2D eigenvalue weighted by Gasteiger charge is -2.25. The largest absolute Gasteiger partial charge is 0.431 e. The molecular weight excluding hydrogens is 440 g/mol. The number of oxazole rings is 1. The van der Waals surface area contributed by atoms with Gasteiger partial charge in [-0.05, 0) is 18.2 Å². The fourth-order valence-corrected chi connectivity index (χ4v) is 5.29. The Labute approximate surface area is 182 Å². The van der Waals surface area contributed by atoms with Crippen LogP contribution < -0.4 is 0 Å². The van der Waals surface area contributed by atoms with Crippen LogP contribution in [0.4, 0.5) is 0 Å². The van der Waals surface area contributed by atoms with Crippen molar-refractivity contribution < 1.29 is 22.1 Å². The van der Waals surface area contributed by atoms with Gasteiger partial charge < -0.3 is 13.7 Å². The average molecular weight is 459 g/mol. The molecule has 0 atom stereocenters. The second-order valence-corrected chi connectivity index (χ2v) is 9.66. The molecule has 0 N–H and O–H groups in total. The van der Waals surface area contributed by atoms with Crippen molar-refractivity contribution in [2.75, 3.05) is 26.3 Å². The molecule has 0 bridgehead atoms. The Morgan fingerprint density at radius 3 is 2.65 bits per heavy atom. The molecule has 1 aliphatic rings. The molecule has 0 radical (unpaired) electrons. The Morgan fingerprint density at radius 1 is 1.03 bits per heavy atom. The van der Waals surface area contributed by atoms with E-state index >= 15 is 0 Å². The van der Waals surface area contributed by atoms with Crippen molar-refractivity contribution in [3.63, 3.8) is 0 Å². The van der Waals surface area contributed by atoms with E-state index in [-0.39, 0.29) is 4.90 Å². The Hall–Kier alpha value is -2.73. The number of rotatable bonds is 6. The van der Waals surface area contributed by atoms with Gasteiger partial charge in [0.15, 0.2) is 5.58 Å². The van der Waals surface area contributed by atoms with E-state index in [0.29, 0.717) is 60.1 Å². The van der Waals surface area contributed by atoms with Crippen molar-refractivity contribution in [1.82, 2.24) is 19.4 Å². The van der Waals surface area contributed by atoms with Crippen LogP contribution in [0.5, 0.6) is 0 Å². The zero-order valence-electron chi connectivity index (χ0n) is 16.3. The van der Waals surface area contributed by atoms with Crippen LogP contribution in [0.15, 0.2) is 67.6 Å². The molecule has 1 fully saturated rings. The quantitative estimate of drug-likeness (QED) is 0.402. The molecule has 0 saturated carbocycles. The average Bonchev–Trinajstić information content (AvgIpc) is 3.45. The van der Waals surface area contributed by atoms with Gasteiger partial charge in [-0.3, -0.25) is 0 Å². The lowest BCUT2D eigenvalue weighted by atomic mass is 10.2. The Kier molecular flexibility index (Phi) is 5.48. The highest BCUT2D eigenvalue weighted by Crippen LogP contribution is 2.29. The van der Waals surface area contributed by atoms with Crippen LogP contribution in [-0.2, 0) is 20.5 Å². The third-order valence-corrected chi connectivity index (χ3v) is 7.47. The van der Waals surface area contributed by atoms with Crippen LogP contribution in [0.1, 0.15) is 5.89 Å². The first-order valence-corrected chi connectivity index (χ1v) is 12.0. The summed E-state index contributed by atoms with van der Waals surface area (Å²) < 4.78 is 43.4. The third-order valence-electron chi connectivity index (χ3n) is 4.77. The summed E-state index contributed by atoms with van der Waals surface area (Å²) in [5.74, 6) is 1.35. The molecule has 11 heteroatoms. The second kappa shape index (κ2) is 8.42. The molecule has 1 saturated heterocycles. The number of ether oxygens (including phenoxy) is 1. The molecule has 0 unspecified atom stereocenters. The highest BCUT2D eigenvalue weighted by molar-refractivity contribution is 7.98. The molecule has 31 heavy (non-hydrogen) atoms. The summed E-state index contributed by atoms with van der Waals surface area (Å²) in [6.07, 6.45) is 0. The van der Waals surface area contributed by atoms with E-state index in [1.54, 1.807) is 6.07 Å². The molecule has 0 spiro atoms. The number of nitrogens with zero attached hydrogens (tertiary/aromatic N) is 4. The van der Waals surface area contributed by atoms with Gasteiger partial charge in [-0.1, -0.05) is 47.3 Å². The standard InChI is InChI=1S/C20H18N4O5S2/c25-31(26,24-8-10-27-11-9-24)15-6-7-17-16(12-15)21-20(28-17)30-13-18-22-19(23-29-18)14-4-2-1-3-5-14/h1-7,12H,8-11,13H2. The smallest absolute Gasteiger partial charge is 0.257 e. The SMILES string of the molecule is O=S(=O)(c1ccc2oc(SCc3nc(-c4ccccc4)no3)nc2c1)N1CCOCC1. The van der Waals surface area contributed by atoms with Crippen LogP contribution in [0.3, 0.4) is 0 Å². The van der Waals surface area contributed by atoms with Gasteiger partial charge in [0.1, 0.15) is 5.52 Å². The van der Waals surface area contributed by atoms with E-state index in [4.69, 9.17) is 13.7 Å². The number of hydrogen-bond donors (Lipinski definition) is 0. The van der Waals surface area contributed by atoms with Crippen molar-refractivity contribution >= 4 is 32.9 Å². The summed E-state index contributed by atoms with van der Waals surface area (Å²) >= 11 is 1.30. The van der Waals surface area contributed by atoms with E-state index in [1.807, 2.05) is 30.3 Å². The first-order chi connectivity index (χ1) is 15.1. The molecule has 0 amide bonds. The van der Waals surface area contributed by atoms with E-state index in [2.05, 4.69) is 15.1 Å². The number of benzene rings is 2. The van der Waals surface area contributed by atoms with Gasteiger partial charge in [0, 0.05) is 18.7 Å².